The van der Waals surface area contributed by atoms with Crippen molar-refractivity contribution in [1.29, 1.82) is 0 Å². The molecule has 0 aliphatic heterocycles. The Labute approximate surface area is 120 Å². The monoisotopic (exact) mass is 274 g/mol. The molecule has 0 amide bonds. The Morgan fingerprint density at radius 1 is 1.40 bits per heavy atom. The first-order chi connectivity index (χ1) is 9.67. The molecule has 1 unspecified atom stereocenters. The number of benzene rings is 1. The Morgan fingerprint density at radius 2 is 2.10 bits per heavy atom. The Balaban J connectivity index is 2.77. The highest BCUT2D eigenvalue weighted by Crippen LogP contribution is 2.09. The van der Waals surface area contributed by atoms with Crippen molar-refractivity contribution in [1.82, 2.24) is 0 Å². The summed E-state index contributed by atoms with van der Waals surface area (Å²) in [5, 5.41) is 9.10. The van der Waals surface area contributed by atoms with E-state index in [0.717, 1.165) is 17.6 Å². The summed E-state index contributed by atoms with van der Waals surface area (Å²) >= 11 is 0. The van der Waals surface area contributed by atoms with Crippen LogP contribution in [0.3, 0.4) is 0 Å². The van der Waals surface area contributed by atoms with Crippen molar-refractivity contribution >= 4 is 18.3 Å². The second-order valence-electron chi connectivity index (χ2n) is 4.55. The second-order valence-corrected chi connectivity index (χ2v) is 4.55. The predicted molar refractivity (Wildman–Crippen MR) is 82.9 cm³/mol. The van der Waals surface area contributed by atoms with E-state index in [-0.39, 0.29) is 0 Å². The SMILES string of the molecule is CC/C(C=NC(CCCN)C(=O)O)=C\c1ccccc1. The normalized spacial score (nSPS) is 13.6. The van der Waals surface area contributed by atoms with Crippen molar-refractivity contribution in [2.24, 2.45) is 10.7 Å². The summed E-state index contributed by atoms with van der Waals surface area (Å²) < 4.78 is 0. The molecular formula is C16H22N2O2. The number of aliphatic carboxylic acids is 1. The zero-order valence-corrected chi connectivity index (χ0v) is 11.8. The molecule has 1 aromatic carbocycles. The zero-order chi connectivity index (χ0) is 14.8. The second kappa shape index (κ2) is 9.04. The Morgan fingerprint density at radius 3 is 2.65 bits per heavy atom. The lowest BCUT2D eigenvalue weighted by molar-refractivity contribution is -0.138. The highest BCUT2D eigenvalue weighted by atomic mass is 16.4. The van der Waals surface area contributed by atoms with Crippen LogP contribution < -0.4 is 5.73 Å². The molecule has 4 nitrogen and oxygen atoms in total. The molecule has 20 heavy (non-hydrogen) atoms. The third-order valence-electron chi connectivity index (χ3n) is 2.95. The molecule has 4 heteroatoms. The van der Waals surface area contributed by atoms with Gasteiger partial charge in [0.25, 0.3) is 0 Å². The summed E-state index contributed by atoms with van der Waals surface area (Å²) in [6.07, 6.45) is 5.64. The summed E-state index contributed by atoms with van der Waals surface area (Å²) in [5.74, 6) is -0.898. The number of hydrogen-bond acceptors (Lipinski definition) is 3. The summed E-state index contributed by atoms with van der Waals surface area (Å²) in [4.78, 5) is 15.3. The number of aliphatic imine (C=N–C) groups is 1. The van der Waals surface area contributed by atoms with Crippen LogP contribution in [0.1, 0.15) is 31.7 Å². The number of allylic oxidation sites excluding steroid dienone is 1. The molecule has 0 radical (unpaired) electrons. The first-order valence-corrected chi connectivity index (χ1v) is 6.89. The minimum Gasteiger partial charge on any atom is -0.480 e. The largest absolute Gasteiger partial charge is 0.480 e. The zero-order valence-electron chi connectivity index (χ0n) is 11.8. The van der Waals surface area contributed by atoms with E-state index < -0.39 is 12.0 Å². The van der Waals surface area contributed by atoms with Gasteiger partial charge in [-0.3, -0.25) is 4.99 Å². The van der Waals surface area contributed by atoms with Gasteiger partial charge in [0.2, 0.25) is 0 Å². The van der Waals surface area contributed by atoms with Gasteiger partial charge in [-0.25, -0.2) is 4.79 Å². The van der Waals surface area contributed by atoms with Crippen LogP contribution in [0.4, 0.5) is 0 Å². The molecule has 0 bridgehead atoms. The van der Waals surface area contributed by atoms with Crippen molar-refractivity contribution in [3.05, 3.63) is 41.5 Å². The molecule has 1 rings (SSSR count). The van der Waals surface area contributed by atoms with E-state index in [9.17, 15) is 4.79 Å². The number of carboxylic acids is 1. The van der Waals surface area contributed by atoms with Crippen LogP contribution >= 0.6 is 0 Å². The molecule has 0 saturated carbocycles. The number of hydrogen-bond donors (Lipinski definition) is 2. The standard InChI is InChI=1S/C16H22N2O2/c1-2-13(11-14-7-4-3-5-8-14)12-18-15(16(19)20)9-6-10-17/h3-5,7-8,11-12,15H,2,6,9-10,17H2,1H3,(H,19,20)/b13-11+,18-12?. The summed E-state index contributed by atoms with van der Waals surface area (Å²) in [5.41, 5.74) is 7.50. The Bertz CT molecular complexity index is 467. The number of carboxylic acid groups (broad SMARTS) is 1. The van der Waals surface area contributed by atoms with Crippen LogP contribution in [0.15, 0.2) is 40.9 Å². The molecule has 0 saturated heterocycles. The lowest BCUT2D eigenvalue weighted by atomic mass is 10.1. The molecule has 0 aromatic heterocycles. The van der Waals surface area contributed by atoms with Crippen LogP contribution in [0.2, 0.25) is 0 Å². The van der Waals surface area contributed by atoms with Crippen molar-refractivity contribution in [3.8, 4) is 0 Å². The maximum atomic E-state index is 11.1. The minimum absolute atomic E-state index is 0.477. The van der Waals surface area contributed by atoms with E-state index in [1.807, 2.05) is 43.3 Å². The van der Waals surface area contributed by atoms with Crippen molar-refractivity contribution in [3.63, 3.8) is 0 Å². The summed E-state index contributed by atoms with van der Waals surface area (Å²) in [6, 6.07) is 9.21. The van der Waals surface area contributed by atoms with Gasteiger partial charge in [0.05, 0.1) is 0 Å². The van der Waals surface area contributed by atoms with Gasteiger partial charge in [-0.2, -0.15) is 0 Å². The number of carbonyl (C=O) groups is 1. The van der Waals surface area contributed by atoms with Gasteiger partial charge in [-0.15, -0.1) is 0 Å². The molecule has 0 aliphatic rings. The lowest BCUT2D eigenvalue weighted by Gasteiger charge is -2.06. The average molecular weight is 274 g/mol. The van der Waals surface area contributed by atoms with Gasteiger partial charge in [-0.1, -0.05) is 43.3 Å². The van der Waals surface area contributed by atoms with E-state index in [0.29, 0.717) is 19.4 Å². The first kappa shape index (κ1) is 16.1. The Hall–Kier alpha value is -1.94. The lowest BCUT2D eigenvalue weighted by Crippen LogP contribution is -2.19. The molecule has 0 spiro atoms. The topological polar surface area (TPSA) is 75.7 Å². The summed E-state index contributed by atoms with van der Waals surface area (Å²) in [6.45, 7) is 2.51. The van der Waals surface area contributed by atoms with Crippen molar-refractivity contribution in [2.75, 3.05) is 6.54 Å². The molecule has 108 valence electrons. The van der Waals surface area contributed by atoms with Crippen LogP contribution in [-0.2, 0) is 4.79 Å². The minimum atomic E-state index is -0.898. The van der Waals surface area contributed by atoms with E-state index >= 15 is 0 Å². The first-order valence-electron chi connectivity index (χ1n) is 6.89. The highest BCUT2D eigenvalue weighted by molar-refractivity contribution is 5.87. The van der Waals surface area contributed by atoms with Gasteiger partial charge in [0.15, 0.2) is 0 Å². The van der Waals surface area contributed by atoms with E-state index in [4.69, 9.17) is 10.8 Å². The molecule has 3 N–H and O–H groups in total. The third-order valence-corrected chi connectivity index (χ3v) is 2.95. The highest BCUT2D eigenvalue weighted by Gasteiger charge is 2.14. The predicted octanol–water partition coefficient (Wildman–Crippen LogP) is 2.74. The molecule has 1 atom stereocenters. The number of nitrogens with zero attached hydrogens (tertiary/aromatic N) is 1. The van der Waals surface area contributed by atoms with Gasteiger partial charge >= 0.3 is 5.97 Å². The fourth-order valence-corrected chi connectivity index (χ4v) is 1.75. The number of rotatable bonds is 8. The van der Waals surface area contributed by atoms with E-state index in [1.165, 1.54) is 0 Å². The quantitative estimate of drug-likeness (QED) is 0.716. The Kier molecular flexibility index (Phi) is 7.29. The molecule has 1 aromatic rings. The molecule has 0 aliphatic carbocycles. The van der Waals surface area contributed by atoms with Gasteiger partial charge in [-0.05, 0) is 36.9 Å². The fourth-order valence-electron chi connectivity index (χ4n) is 1.75. The van der Waals surface area contributed by atoms with Gasteiger partial charge in [0.1, 0.15) is 6.04 Å². The van der Waals surface area contributed by atoms with Crippen molar-refractivity contribution < 1.29 is 9.90 Å². The molecule has 0 fully saturated rings. The van der Waals surface area contributed by atoms with Crippen LogP contribution in [0, 0.1) is 0 Å². The van der Waals surface area contributed by atoms with Crippen LogP contribution in [0.25, 0.3) is 6.08 Å². The van der Waals surface area contributed by atoms with Crippen LogP contribution in [0.5, 0.6) is 0 Å². The van der Waals surface area contributed by atoms with Crippen molar-refractivity contribution in [2.45, 2.75) is 32.2 Å². The maximum Gasteiger partial charge on any atom is 0.328 e. The molecule has 0 heterocycles. The van der Waals surface area contributed by atoms with Crippen LogP contribution in [-0.4, -0.2) is 29.9 Å². The summed E-state index contributed by atoms with van der Waals surface area (Å²) in [7, 11) is 0. The van der Waals surface area contributed by atoms with Gasteiger partial charge < -0.3 is 10.8 Å². The molecular weight excluding hydrogens is 252 g/mol. The fraction of sp³-hybridized carbons (Fsp3) is 0.375. The smallest absolute Gasteiger partial charge is 0.328 e. The van der Waals surface area contributed by atoms with E-state index in [1.54, 1.807) is 6.21 Å². The van der Waals surface area contributed by atoms with Gasteiger partial charge in [0, 0.05) is 6.21 Å². The maximum absolute atomic E-state index is 11.1. The average Bonchev–Trinajstić information content (AvgIpc) is 2.46. The third kappa shape index (κ3) is 5.80. The number of nitrogens with two attached hydrogens (primary N) is 1. The van der Waals surface area contributed by atoms with E-state index in [2.05, 4.69) is 4.99 Å².